The number of ether oxygens (including phenoxy) is 3. The van der Waals surface area contributed by atoms with E-state index in [-0.39, 0.29) is 18.7 Å². The second-order valence-electron chi connectivity index (χ2n) is 6.36. The average molecular weight is 445 g/mol. The van der Waals surface area contributed by atoms with Crippen LogP contribution in [0.1, 0.15) is 22.8 Å². The molecule has 1 amide bonds. The Bertz CT molecular complexity index is 1080. The molecule has 2 aliphatic heterocycles. The maximum atomic E-state index is 12.7. The molecule has 0 unspecified atom stereocenters. The number of carbonyl (C=O) groups is 2. The molecule has 7 nitrogen and oxygen atoms in total. The van der Waals surface area contributed by atoms with E-state index in [0.29, 0.717) is 50.0 Å². The van der Waals surface area contributed by atoms with E-state index in [9.17, 15) is 9.59 Å². The largest absolute Gasteiger partial charge is 0.462 e. The van der Waals surface area contributed by atoms with Crippen molar-refractivity contribution in [2.24, 2.45) is 4.99 Å². The number of likely N-dealkylation sites (N-methyl/N-ethyl adjacent to an activating group) is 1. The van der Waals surface area contributed by atoms with Gasteiger partial charge in [-0.3, -0.25) is 9.69 Å². The number of carbonyl (C=O) groups excluding carboxylic acids is 2. The van der Waals surface area contributed by atoms with Crippen LogP contribution < -0.4 is 9.47 Å². The summed E-state index contributed by atoms with van der Waals surface area (Å²) < 4.78 is 15.7. The first-order valence-corrected chi connectivity index (χ1v) is 10.3. The molecule has 2 aromatic carbocycles. The second-order valence-corrected chi connectivity index (χ2v) is 7.78. The predicted molar refractivity (Wildman–Crippen MR) is 115 cm³/mol. The summed E-state index contributed by atoms with van der Waals surface area (Å²) in [5.41, 5.74) is 1.72. The van der Waals surface area contributed by atoms with Gasteiger partial charge in [-0.1, -0.05) is 11.6 Å². The zero-order valence-electron chi connectivity index (χ0n) is 16.2. The molecule has 0 spiro atoms. The highest BCUT2D eigenvalue weighted by Crippen LogP contribution is 2.40. The number of thioether (sulfide) groups is 1. The Morgan fingerprint density at radius 2 is 1.97 bits per heavy atom. The lowest BCUT2D eigenvalue weighted by atomic mass is 10.2. The molecule has 154 valence electrons. The van der Waals surface area contributed by atoms with Gasteiger partial charge in [-0.25, -0.2) is 9.79 Å². The molecule has 0 saturated carbocycles. The topological polar surface area (TPSA) is 77.4 Å². The third kappa shape index (κ3) is 4.01. The van der Waals surface area contributed by atoms with Gasteiger partial charge in [0, 0.05) is 13.1 Å². The molecule has 0 atom stereocenters. The van der Waals surface area contributed by atoms with Crippen LogP contribution in [0.15, 0.2) is 46.3 Å². The van der Waals surface area contributed by atoms with Crippen molar-refractivity contribution in [1.29, 1.82) is 0 Å². The molecule has 0 aliphatic carbocycles. The van der Waals surface area contributed by atoms with Gasteiger partial charge in [0.2, 0.25) is 6.79 Å². The minimum absolute atomic E-state index is 0.147. The van der Waals surface area contributed by atoms with Crippen LogP contribution in [-0.4, -0.2) is 42.4 Å². The van der Waals surface area contributed by atoms with Gasteiger partial charge in [-0.05, 0) is 60.7 Å². The summed E-state index contributed by atoms with van der Waals surface area (Å²) in [4.78, 5) is 30.9. The minimum atomic E-state index is -0.384. The van der Waals surface area contributed by atoms with E-state index >= 15 is 0 Å². The number of fused-ring (bicyclic) bond motifs is 1. The van der Waals surface area contributed by atoms with Crippen LogP contribution in [0.2, 0.25) is 5.02 Å². The van der Waals surface area contributed by atoms with E-state index in [1.807, 2.05) is 0 Å². The zero-order valence-corrected chi connectivity index (χ0v) is 17.7. The zero-order chi connectivity index (χ0) is 21.3. The third-order valence-corrected chi connectivity index (χ3v) is 5.77. The van der Waals surface area contributed by atoms with Crippen molar-refractivity contribution in [2.45, 2.75) is 6.92 Å². The Labute approximate surface area is 182 Å². The van der Waals surface area contributed by atoms with Crippen LogP contribution in [0.5, 0.6) is 11.5 Å². The maximum Gasteiger partial charge on any atom is 0.338 e. The molecule has 9 heteroatoms. The van der Waals surface area contributed by atoms with Gasteiger partial charge >= 0.3 is 5.97 Å². The van der Waals surface area contributed by atoms with E-state index in [1.54, 1.807) is 56.4 Å². The summed E-state index contributed by atoms with van der Waals surface area (Å²) in [6, 6.07) is 10.1. The minimum Gasteiger partial charge on any atom is -0.462 e. The lowest BCUT2D eigenvalue weighted by molar-refractivity contribution is -0.121. The normalized spacial score (nSPS) is 17.8. The fraction of sp³-hybridized carbons (Fsp3) is 0.190. The first-order valence-electron chi connectivity index (χ1n) is 9.09. The molecule has 0 radical (unpaired) electrons. The highest BCUT2D eigenvalue weighted by Gasteiger charge is 2.31. The van der Waals surface area contributed by atoms with E-state index in [2.05, 4.69) is 4.99 Å². The van der Waals surface area contributed by atoms with Gasteiger partial charge in [0.1, 0.15) is 0 Å². The number of esters is 1. The van der Waals surface area contributed by atoms with Gasteiger partial charge in [0.25, 0.3) is 5.91 Å². The van der Waals surface area contributed by atoms with Gasteiger partial charge in [0.15, 0.2) is 16.7 Å². The number of benzene rings is 2. The van der Waals surface area contributed by atoms with Crippen LogP contribution in [0.4, 0.5) is 5.69 Å². The molecular formula is C21H17ClN2O5S. The first kappa shape index (κ1) is 20.3. The quantitative estimate of drug-likeness (QED) is 0.511. The van der Waals surface area contributed by atoms with Crippen molar-refractivity contribution in [3.63, 3.8) is 0 Å². The Kier molecular flexibility index (Phi) is 5.69. The predicted octanol–water partition coefficient (Wildman–Crippen LogP) is 4.48. The molecule has 2 heterocycles. The molecule has 2 aromatic rings. The number of nitrogens with zero attached hydrogens (tertiary/aromatic N) is 2. The number of hydrogen-bond acceptors (Lipinski definition) is 7. The lowest BCUT2D eigenvalue weighted by Crippen LogP contribution is -2.23. The van der Waals surface area contributed by atoms with Crippen LogP contribution >= 0.6 is 23.4 Å². The average Bonchev–Trinajstić information content (AvgIpc) is 3.28. The Balaban J connectivity index is 1.57. The number of amidine groups is 1. The summed E-state index contributed by atoms with van der Waals surface area (Å²) in [6.45, 7) is 2.22. The fourth-order valence-electron chi connectivity index (χ4n) is 2.83. The Hall–Kier alpha value is -2.97. The van der Waals surface area contributed by atoms with Gasteiger partial charge in [-0.15, -0.1) is 0 Å². The molecule has 2 aliphatic rings. The number of halogens is 1. The monoisotopic (exact) mass is 444 g/mol. The number of aliphatic imine (C=N–C) groups is 1. The van der Waals surface area contributed by atoms with Crippen LogP contribution in [-0.2, 0) is 9.53 Å². The van der Waals surface area contributed by atoms with Gasteiger partial charge in [0.05, 0.1) is 27.8 Å². The molecule has 1 fully saturated rings. The Morgan fingerprint density at radius 1 is 1.27 bits per heavy atom. The molecular weight excluding hydrogens is 428 g/mol. The summed E-state index contributed by atoms with van der Waals surface area (Å²) in [6.07, 6.45) is 1.71. The van der Waals surface area contributed by atoms with Crippen molar-refractivity contribution in [2.75, 3.05) is 20.4 Å². The third-order valence-electron chi connectivity index (χ3n) is 4.39. The summed E-state index contributed by atoms with van der Waals surface area (Å²) in [5, 5.41) is 0.981. The molecule has 4 rings (SSSR count). The van der Waals surface area contributed by atoms with Crippen LogP contribution in [0.25, 0.3) is 6.08 Å². The van der Waals surface area contributed by atoms with Crippen molar-refractivity contribution in [3.8, 4) is 11.5 Å². The van der Waals surface area contributed by atoms with E-state index in [1.165, 1.54) is 16.7 Å². The van der Waals surface area contributed by atoms with Gasteiger partial charge < -0.3 is 14.2 Å². The number of hydrogen-bond donors (Lipinski definition) is 0. The number of amides is 1. The van der Waals surface area contributed by atoms with Crippen molar-refractivity contribution in [1.82, 2.24) is 4.90 Å². The number of rotatable bonds is 4. The SMILES string of the molecule is CCOC(=O)c1ccc(N=C2S/C(=C/c3cc4c(cc3Cl)OCO4)C(=O)N2C)cc1. The van der Waals surface area contributed by atoms with Crippen molar-refractivity contribution in [3.05, 3.63) is 57.5 Å². The van der Waals surface area contributed by atoms with E-state index in [0.717, 1.165) is 0 Å². The van der Waals surface area contributed by atoms with Gasteiger partial charge in [-0.2, -0.15) is 0 Å². The van der Waals surface area contributed by atoms with Crippen molar-refractivity contribution >= 4 is 52.2 Å². The van der Waals surface area contributed by atoms with Crippen LogP contribution in [0, 0.1) is 0 Å². The lowest BCUT2D eigenvalue weighted by Gasteiger charge is -2.07. The first-order chi connectivity index (χ1) is 14.5. The standard InChI is InChI=1S/C21H17ClN2O5S/c1-3-27-20(26)12-4-6-14(7-5-12)23-21-24(2)19(25)18(30-21)9-13-8-16-17(10-15(13)22)29-11-28-16/h4-10H,3,11H2,1-2H3/b18-9+,23-21?. The highest BCUT2D eigenvalue weighted by atomic mass is 35.5. The molecule has 30 heavy (non-hydrogen) atoms. The van der Waals surface area contributed by atoms with E-state index < -0.39 is 0 Å². The molecule has 0 aromatic heterocycles. The van der Waals surface area contributed by atoms with Crippen LogP contribution in [0.3, 0.4) is 0 Å². The maximum absolute atomic E-state index is 12.7. The Morgan fingerprint density at radius 3 is 2.67 bits per heavy atom. The smallest absolute Gasteiger partial charge is 0.338 e. The molecule has 0 N–H and O–H groups in total. The van der Waals surface area contributed by atoms with E-state index in [4.69, 9.17) is 25.8 Å². The summed E-state index contributed by atoms with van der Waals surface area (Å²) in [5.74, 6) is 0.601. The highest BCUT2D eigenvalue weighted by molar-refractivity contribution is 8.18. The van der Waals surface area contributed by atoms with Crippen molar-refractivity contribution < 1.29 is 23.8 Å². The fourth-order valence-corrected chi connectivity index (χ4v) is 4.02. The summed E-state index contributed by atoms with van der Waals surface area (Å²) >= 11 is 7.56. The molecule has 0 bridgehead atoms. The summed E-state index contributed by atoms with van der Waals surface area (Å²) in [7, 11) is 1.66. The second kappa shape index (κ2) is 8.41. The molecule has 1 saturated heterocycles.